The molecule has 3 N–H and O–H groups in total. The molecule has 1 unspecified atom stereocenters. The predicted molar refractivity (Wildman–Crippen MR) is 48.3 cm³/mol. The number of nitrogens with two attached hydrogens (primary N) is 1. The van der Waals surface area contributed by atoms with Crippen molar-refractivity contribution in [2.24, 2.45) is 0 Å². The van der Waals surface area contributed by atoms with Gasteiger partial charge in [-0.15, -0.1) is 0 Å². The van der Waals surface area contributed by atoms with Crippen molar-refractivity contribution < 1.29 is 19.7 Å². The average Bonchev–Trinajstić information content (AvgIpc) is 2.34. The maximum atomic E-state index is 11.3. The van der Waals surface area contributed by atoms with E-state index in [1.54, 1.807) is 11.9 Å². The number of alkyl carbamates (subject to hydrolysis) is 1. The lowest BCUT2D eigenvalue weighted by Gasteiger charge is -2.10. The number of hydrogen-bond donors (Lipinski definition) is 2. The number of carbonyl (C=O) groups excluding carboxylic acids is 2. The molecule has 1 heterocycles. The number of ether oxygens (including phenoxy) is 1. The first kappa shape index (κ1) is 10.5. The van der Waals surface area contributed by atoms with Gasteiger partial charge in [-0.3, -0.25) is 4.79 Å². The Bertz CT molecular complexity index is 277. The maximum Gasteiger partial charge on any atom is 0.417 e. The molecule has 1 atom stereocenters. The van der Waals surface area contributed by atoms with Gasteiger partial charge < -0.3 is 15.0 Å². The smallest absolute Gasteiger partial charge is 0.358 e. The Morgan fingerprint density at radius 3 is 2.79 bits per heavy atom. The minimum atomic E-state index is -0.682. The molecule has 2 amide bonds. The van der Waals surface area contributed by atoms with E-state index in [0.717, 1.165) is 0 Å². The lowest BCUT2D eigenvalue weighted by Crippen LogP contribution is -2.46. The van der Waals surface area contributed by atoms with Crippen molar-refractivity contribution in [3.05, 3.63) is 0 Å². The Hall–Kier alpha value is -1.59. The van der Waals surface area contributed by atoms with Gasteiger partial charge in [-0.1, -0.05) is 0 Å². The highest BCUT2D eigenvalue weighted by atomic mass is 16.6. The SMILES string of the molecule is CC(=[NH2+])OC(=O)NC1CCN(C)C1=O. The molecule has 0 saturated carbocycles. The molecule has 6 heteroatoms. The highest BCUT2D eigenvalue weighted by Crippen LogP contribution is 2.08. The zero-order valence-corrected chi connectivity index (χ0v) is 8.24. The van der Waals surface area contributed by atoms with Crippen LogP contribution < -0.4 is 10.7 Å². The van der Waals surface area contributed by atoms with Crippen LogP contribution >= 0.6 is 0 Å². The average molecular weight is 200 g/mol. The van der Waals surface area contributed by atoms with E-state index in [1.165, 1.54) is 6.92 Å². The van der Waals surface area contributed by atoms with Gasteiger partial charge in [-0.25, -0.2) is 10.2 Å². The number of likely N-dealkylation sites (tertiary alicyclic amines) is 1. The Morgan fingerprint density at radius 2 is 2.36 bits per heavy atom. The molecule has 1 aliphatic rings. The second-order valence-corrected chi connectivity index (χ2v) is 3.25. The van der Waals surface area contributed by atoms with Gasteiger partial charge in [0, 0.05) is 13.6 Å². The van der Waals surface area contributed by atoms with Crippen LogP contribution in [0.25, 0.3) is 0 Å². The summed E-state index contributed by atoms with van der Waals surface area (Å²) in [4.78, 5) is 24.0. The molecule has 6 nitrogen and oxygen atoms in total. The second-order valence-electron chi connectivity index (χ2n) is 3.25. The molecular formula is C8H14N3O3+. The Balaban J connectivity index is 2.42. The zero-order chi connectivity index (χ0) is 10.7. The molecule has 14 heavy (non-hydrogen) atoms. The van der Waals surface area contributed by atoms with Crippen LogP contribution in [0.5, 0.6) is 0 Å². The van der Waals surface area contributed by atoms with E-state index >= 15 is 0 Å². The van der Waals surface area contributed by atoms with Crippen molar-refractivity contribution in [3.63, 3.8) is 0 Å². The molecule has 0 spiro atoms. The predicted octanol–water partition coefficient (Wildman–Crippen LogP) is -1.88. The normalized spacial score (nSPS) is 20.9. The van der Waals surface area contributed by atoms with Crippen LogP contribution in [-0.4, -0.2) is 42.4 Å². The van der Waals surface area contributed by atoms with E-state index in [2.05, 4.69) is 10.1 Å². The van der Waals surface area contributed by atoms with E-state index in [0.29, 0.717) is 13.0 Å². The molecule has 1 aliphatic heterocycles. The van der Waals surface area contributed by atoms with Crippen molar-refractivity contribution in [2.45, 2.75) is 19.4 Å². The lowest BCUT2D eigenvalue weighted by molar-refractivity contribution is -0.135. The number of hydrogen-bond acceptors (Lipinski definition) is 3. The topological polar surface area (TPSA) is 84.2 Å². The highest BCUT2D eigenvalue weighted by molar-refractivity contribution is 5.89. The zero-order valence-electron chi connectivity index (χ0n) is 8.24. The summed E-state index contributed by atoms with van der Waals surface area (Å²) in [5, 5.41) is 7.60. The number of nitrogens with one attached hydrogen (secondary N) is 1. The van der Waals surface area contributed by atoms with Gasteiger partial charge >= 0.3 is 12.0 Å². The minimum Gasteiger partial charge on any atom is -0.358 e. The third kappa shape index (κ3) is 2.45. The minimum absolute atomic E-state index is 0.0568. The van der Waals surface area contributed by atoms with Crippen LogP contribution in [0.4, 0.5) is 4.79 Å². The maximum absolute atomic E-state index is 11.3. The first-order chi connectivity index (χ1) is 6.50. The number of carbonyl (C=O) groups is 2. The van der Waals surface area contributed by atoms with E-state index in [-0.39, 0.29) is 11.8 Å². The molecule has 0 bridgehead atoms. The molecule has 1 saturated heterocycles. The van der Waals surface area contributed by atoms with Crippen LogP contribution in [0.3, 0.4) is 0 Å². The summed E-state index contributed by atoms with van der Waals surface area (Å²) in [6.45, 7) is 2.11. The first-order valence-electron chi connectivity index (χ1n) is 4.33. The summed E-state index contributed by atoms with van der Waals surface area (Å²) in [5.74, 6) is -0.0436. The van der Waals surface area contributed by atoms with Crippen molar-refractivity contribution in [3.8, 4) is 0 Å². The van der Waals surface area contributed by atoms with Crippen LogP contribution in [0.2, 0.25) is 0 Å². The third-order valence-electron chi connectivity index (χ3n) is 1.97. The quantitative estimate of drug-likeness (QED) is 0.384. The van der Waals surface area contributed by atoms with Gasteiger partial charge in [0.25, 0.3) is 0 Å². The fourth-order valence-corrected chi connectivity index (χ4v) is 1.27. The molecule has 0 aromatic rings. The fraction of sp³-hybridized carbons (Fsp3) is 0.625. The van der Waals surface area contributed by atoms with Crippen molar-refractivity contribution in [1.82, 2.24) is 10.2 Å². The van der Waals surface area contributed by atoms with Crippen molar-refractivity contribution in [2.75, 3.05) is 13.6 Å². The number of amides is 2. The van der Waals surface area contributed by atoms with E-state index < -0.39 is 12.1 Å². The summed E-state index contributed by atoms with van der Waals surface area (Å²) >= 11 is 0. The largest absolute Gasteiger partial charge is 0.417 e. The summed E-state index contributed by atoms with van der Waals surface area (Å²) in [7, 11) is 1.69. The van der Waals surface area contributed by atoms with Gasteiger partial charge in [0.15, 0.2) is 0 Å². The van der Waals surface area contributed by atoms with Gasteiger partial charge in [-0.2, -0.15) is 0 Å². The summed E-state index contributed by atoms with van der Waals surface area (Å²) in [5.41, 5.74) is 0. The number of likely N-dealkylation sites (N-methyl/N-ethyl adjacent to an activating group) is 1. The van der Waals surface area contributed by atoms with Crippen LogP contribution in [0, 0.1) is 0 Å². The summed E-state index contributed by atoms with van der Waals surface area (Å²) in [6.07, 6.45) is -0.0766. The van der Waals surface area contributed by atoms with E-state index in [9.17, 15) is 9.59 Å². The third-order valence-corrected chi connectivity index (χ3v) is 1.97. The second kappa shape index (κ2) is 4.08. The van der Waals surface area contributed by atoms with E-state index in [1.807, 2.05) is 0 Å². The molecule has 0 radical (unpaired) electrons. The van der Waals surface area contributed by atoms with Crippen LogP contribution in [-0.2, 0) is 9.53 Å². The fourth-order valence-electron chi connectivity index (χ4n) is 1.27. The van der Waals surface area contributed by atoms with Gasteiger partial charge in [0.2, 0.25) is 5.91 Å². The van der Waals surface area contributed by atoms with Gasteiger partial charge in [-0.05, 0) is 6.42 Å². The monoisotopic (exact) mass is 200 g/mol. The van der Waals surface area contributed by atoms with E-state index in [4.69, 9.17) is 5.41 Å². The Kier molecular flexibility index (Phi) is 3.06. The lowest BCUT2D eigenvalue weighted by atomic mass is 10.2. The Morgan fingerprint density at radius 1 is 1.71 bits per heavy atom. The molecule has 0 aliphatic carbocycles. The molecule has 1 rings (SSSR count). The Labute approximate surface area is 81.7 Å². The number of nitrogens with zero attached hydrogens (tertiary/aromatic N) is 1. The number of rotatable bonds is 1. The van der Waals surface area contributed by atoms with Gasteiger partial charge in [0.1, 0.15) is 6.04 Å². The molecule has 0 aromatic heterocycles. The highest BCUT2D eigenvalue weighted by Gasteiger charge is 2.30. The van der Waals surface area contributed by atoms with Crippen LogP contribution in [0.15, 0.2) is 0 Å². The van der Waals surface area contributed by atoms with Crippen molar-refractivity contribution >= 4 is 17.9 Å². The standard InChI is InChI=1S/C8H13N3O3/c1-5(9)14-8(13)10-6-3-4-11(2)7(6)12/h6,9H,3-4H2,1-2H3,(H,10,13)/p+1. The summed E-state index contributed by atoms with van der Waals surface area (Å²) < 4.78 is 4.57. The first-order valence-corrected chi connectivity index (χ1v) is 4.33. The molecule has 1 fully saturated rings. The van der Waals surface area contributed by atoms with Crippen LogP contribution in [0.1, 0.15) is 13.3 Å². The van der Waals surface area contributed by atoms with Gasteiger partial charge in [0.05, 0.1) is 6.92 Å². The molecular weight excluding hydrogens is 186 g/mol. The van der Waals surface area contributed by atoms with Crippen molar-refractivity contribution in [1.29, 1.82) is 0 Å². The summed E-state index contributed by atoms with van der Waals surface area (Å²) in [6, 6.07) is -0.480. The molecule has 78 valence electrons. The molecule has 0 aromatic carbocycles.